The maximum atomic E-state index is 14.1. The van der Waals surface area contributed by atoms with Gasteiger partial charge >= 0.3 is 6.01 Å². The summed E-state index contributed by atoms with van der Waals surface area (Å²) in [5, 5.41) is 14.7. The van der Waals surface area contributed by atoms with E-state index in [0.717, 1.165) is 17.6 Å². The minimum Gasteiger partial charge on any atom is -0.467 e. The van der Waals surface area contributed by atoms with Gasteiger partial charge in [-0.1, -0.05) is 29.8 Å². The van der Waals surface area contributed by atoms with Crippen molar-refractivity contribution in [2.45, 2.75) is 56.2 Å². The standard InChI is InChI=1S/C25H31ClN6O3/c1-13-9-25(10-18(25)31(3)22(13)33)32-21(15-5-7-16(26)8-6-15)20(19(14(2)27)23(32)34)30-17-11-28-24(35-4)29-12-17/h5-9,11-12,14,18-22,30,33H,10,27H2,1-4H3. The number of aliphatic hydroxyl groups is 1. The minimum absolute atomic E-state index is 0.0109. The smallest absolute Gasteiger partial charge is 0.316 e. The second-order valence-corrected chi connectivity index (χ2v) is 10.3. The average molecular weight is 499 g/mol. The molecule has 5 rings (SSSR count). The zero-order valence-corrected chi connectivity index (χ0v) is 21.0. The van der Waals surface area contributed by atoms with Gasteiger partial charge in [-0.25, -0.2) is 9.97 Å². The van der Waals surface area contributed by atoms with E-state index in [-0.39, 0.29) is 30.0 Å². The summed E-state index contributed by atoms with van der Waals surface area (Å²) in [7, 11) is 3.41. The van der Waals surface area contributed by atoms with E-state index in [9.17, 15) is 9.90 Å². The van der Waals surface area contributed by atoms with E-state index < -0.39 is 23.7 Å². The summed E-state index contributed by atoms with van der Waals surface area (Å²) >= 11 is 6.21. The zero-order valence-electron chi connectivity index (χ0n) is 20.2. The van der Waals surface area contributed by atoms with Gasteiger partial charge in [0.25, 0.3) is 0 Å². The normalized spacial score (nSPS) is 33.2. The Morgan fingerprint density at radius 3 is 2.54 bits per heavy atom. The average Bonchev–Trinajstić information content (AvgIpc) is 3.48. The highest BCUT2D eigenvalue weighted by molar-refractivity contribution is 6.30. The third kappa shape index (κ3) is 3.87. The van der Waals surface area contributed by atoms with Crippen molar-refractivity contribution < 1.29 is 14.6 Å². The molecule has 0 radical (unpaired) electrons. The van der Waals surface area contributed by atoms with Crippen LogP contribution in [0.15, 0.2) is 48.3 Å². The number of likely N-dealkylation sites (tertiary alicyclic amines) is 1. The number of halogens is 1. The van der Waals surface area contributed by atoms with Gasteiger partial charge in [0.05, 0.1) is 48.7 Å². The number of methoxy groups -OCH3 is 1. The van der Waals surface area contributed by atoms with Crippen LogP contribution in [-0.4, -0.2) is 74.8 Å². The number of ether oxygens (including phenoxy) is 1. The van der Waals surface area contributed by atoms with E-state index in [1.54, 1.807) is 12.4 Å². The molecule has 9 nitrogen and oxygen atoms in total. The van der Waals surface area contributed by atoms with E-state index >= 15 is 0 Å². The predicted molar refractivity (Wildman–Crippen MR) is 133 cm³/mol. The molecular weight excluding hydrogens is 468 g/mol. The number of amides is 1. The molecule has 4 N–H and O–H groups in total. The van der Waals surface area contributed by atoms with Crippen LogP contribution in [0.3, 0.4) is 0 Å². The molecule has 1 aromatic carbocycles. The van der Waals surface area contributed by atoms with Crippen LogP contribution >= 0.6 is 11.6 Å². The number of benzene rings is 1. The summed E-state index contributed by atoms with van der Waals surface area (Å²) in [5.41, 5.74) is 8.39. The highest BCUT2D eigenvalue weighted by Gasteiger charge is 2.68. The number of carbonyl (C=O) groups excluding carboxylic acids is 1. The molecule has 186 valence electrons. The third-order valence-electron chi connectivity index (χ3n) is 7.60. The van der Waals surface area contributed by atoms with Gasteiger partial charge < -0.3 is 25.8 Å². The highest BCUT2D eigenvalue weighted by atomic mass is 35.5. The summed E-state index contributed by atoms with van der Waals surface area (Å²) < 4.78 is 5.08. The van der Waals surface area contributed by atoms with E-state index in [1.807, 2.05) is 55.0 Å². The van der Waals surface area contributed by atoms with Crippen LogP contribution in [0.2, 0.25) is 5.02 Å². The van der Waals surface area contributed by atoms with Crippen LogP contribution in [0, 0.1) is 5.92 Å². The molecule has 2 fully saturated rings. The fraction of sp³-hybridized carbons (Fsp3) is 0.480. The molecule has 10 heteroatoms. The highest BCUT2D eigenvalue weighted by Crippen LogP contribution is 2.57. The predicted octanol–water partition coefficient (Wildman–Crippen LogP) is 2.19. The van der Waals surface area contributed by atoms with Gasteiger partial charge in [0.1, 0.15) is 6.23 Å². The molecule has 1 aliphatic carbocycles. The van der Waals surface area contributed by atoms with Crippen molar-refractivity contribution in [1.82, 2.24) is 19.8 Å². The van der Waals surface area contributed by atoms with Crippen molar-refractivity contribution in [2.75, 3.05) is 19.5 Å². The largest absolute Gasteiger partial charge is 0.467 e. The summed E-state index contributed by atoms with van der Waals surface area (Å²) in [6, 6.07) is 6.82. The third-order valence-corrected chi connectivity index (χ3v) is 7.85. The Morgan fingerprint density at radius 2 is 1.94 bits per heavy atom. The van der Waals surface area contributed by atoms with Crippen LogP contribution in [0.25, 0.3) is 0 Å². The molecule has 3 heterocycles. The Bertz CT molecular complexity index is 1140. The molecule has 1 saturated carbocycles. The molecule has 1 aromatic heterocycles. The molecule has 1 amide bonds. The Balaban J connectivity index is 1.61. The van der Waals surface area contributed by atoms with Gasteiger partial charge in [0, 0.05) is 17.1 Å². The molecule has 2 aliphatic heterocycles. The van der Waals surface area contributed by atoms with Crippen molar-refractivity contribution in [3.63, 3.8) is 0 Å². The van der Waals surface area contributed by atoms with E-state index in [1.165, 1.54) is 7.11 Å². The molecule has 0 bridgehead atoms. The first-order chi connectivity index (χ1) is 16.7. The number of aliphatic hydroxyl groups excluding tert-OH is 1. The van der Waals surface area contributed by atoms with E-state index in [0.29, 0.717) is 10.7 Å². The quantitative estimate of drug-likeness (QED) is 0.519. The molecule has 7 atom stereocenters. The number of rotatable bonds is 6. The molecular formula is C25H31ClN6O3. The van der Waals surface area contributed by atoms with Gasteiger partial charge in [0.2, 0.25) is 5.91 Å². The van der Waals surface area contributed by atoms with Crippen LogP contribution in [-0.2, 0) is 4.79 Å². The molecule has 0 spiro atoms. The van der Waals surface area contributed by atoms with E-state index in [4.69, 9.17) is 22.1 Å². The van der Waals surface area contributed by atoms with Gasteiger partial charge in [-0.05, 0) is 50.6 Å². The number of aromatic nitrogens is 2. The number of nitrogens with zero attached hydrogens (tertiary/aromatic N) is 4. The van der Waals surface area contributed by atoms with Gasteiger partial charge in [-0.15, -0.1) is 0 Å². The van der Waals surface area contributed by atoms with Crippen LogP contribution < -0.4 is 15.8 Å². The van der Waals surface area contributed by atoms with Crippen molar-refractivity contribution in [3.05, 3.63) is 58.9 Å². The number of fused-ring (bicyclic) bond motifs is 1. The number of anilines is 1. The van der Waals surface area contributed by atoms with Crippen molar-refractivity contribution in [2.24, 2.45) is 11.7 Å². The summed E-state index contributed by atoms with van der Waals surface area (Å²) in [6.07, 6.45) is 5.45. The molecule has 3 aliphatic rings. The number of hydrogen-bond acceptors (Lipinski definition) is 8. The SMILES string of the molecule is COc1ncc(NC2C(C(C)N)C(=O)N(C34C=C(C)C(O)N(C)C3C4)C2c2ccc(Cl)cc2)cn1. The zero-order chi connectivity index (χ0) is 25.1. The van der Waals surface area contributed by atoms with Gasteiger partial charge in [-0.3, -0.25) is 9.69 Å². The lowest BCUT2D eigenvalue weighted by Gasteiger charge is -2.40. The van der Waals surface area contributed by atoms with Crippen LogP contribution in [0.4, 0.5) is 5.69 Å². The number of hydrogen-bond donors (Lipinski definition) is 3. The Labute approximate surface area is 209 Å². The second-order valence-electron chi connectivity index (χ2n) is 9.86. The van der Waals surface area contributed by atoms with Crippen molar-refractivity contribution in [1.29, 1.82) is 0 Å². The Kier molecular flexibility index (Phi) is 5.99. The number of carbonyl (C=O) groups is 1. The maximum Gasteiger partial charge on any atom is 0.316 e. The first-order valence-electron chi connectivity index (χ1n) is 11.7. The lowest BCUT2D eigenvalue weighted by molar-refractivity contribution is -0.135. The van der Waals surface area contributed by atoms with E-state index in [2.05, 4.69) is 21.4 Å². The molecule has 2 aromatic rings. The summed E-state index contributed by atoms with van der Waals surface area (Å²) in [6.45, 7) is 3.77. The lowest BCUT2D eigenvalue weighted by atomic mass is 9.89. The Hall–Kier alpha value is -2.72. The second kappa shape index (κ2) is 8.74. The summed E-state index contributed by atoms with van der Waals surface area (Å²) in [5.74, 6) is -0.498. The monoisotopic (exact) mass is 498 g/mol. The lowest BCUT2D eigenvalue weighted by Crippen LogP contribution is -2.51. The van der Waals surface area contributed by atoms with Crippen molar-refractivity contribution >= 4 is 23.2 Å². The molecule has 7 unspecified atom stereocenters. The first kappa shape index (κ1) is 24.0. The fourth-order valence-electron chi connectivity index (χ4n) is 5.89. The van der Waals surface area contributed by atoms with Gasteiger partial charge in [0.15, 0.2) is 0 Å². The fourth-order valence-corrected chi connectivity index (χ4v) is 6.02. The first-order valence-corrected chi connectivity index (χ1v) is 12.1. The minimum atomic E-state index is -0.656. The van der Waals surface area contributed by atoms with Gasteiger partial charge in [-0.2, -0.15) is 0 Å². The number of nitrogens with two attached hydrogens (primary N) is 1. The maximum absolute atomic E-state index is 14.1. The van der Waals surface area contributed by atoms with Crippen molar-refractivity contribution in [3.8, 4) is 6.01 Å². The molecule has 1 saturated heterocycles. The topological polar surface area (TPSA) is 117 Å². The van der Waals surface area contributed by atoms with Crippen LogP contribution in [0.5, 0.6) is 6.01 Å². The number of likely N-dealkylation sites (N-methyl/N-ethyl adjacent to an activating group) is 1. The Morgan fingerprint density at radius 1 is 1.29 bits per heavy atom. The number of nitrogens with one attached hydrogen (secondary N) is 1. The molecule has 35 heavy (non-hydrogen) atoms. The van der Waals surface area contributed by atoms with Crippen LogP contribution in [0.1, 0.15) is 31.9 Å². The summed E-state index contributed by atoms with van der Waals surface area (Å²) in [4.78, 5) is 26.5.